The average Bonchev–Trinajstić information content (AvgIpc) is 1.97. The summed E-state index contributed by atoms with van der Waals surface area (Å²) in [6, 6.07) is -1.40. The van der Waals surface area contributed by atoms with Crippen molar-refractivity contribution in [3.63, 3.8) is 0 Å². The maximum atomic E-state index is 12.8. The molecule has 2 atom stereocenters. The molecule has 1 heterocycles. The number of hydrogen-bond donors (Lipinski definition) is 1. The first-order chi connectivity index (χ1) is 7.09. The molecule has 0 saturated carbocycles. The van der Waals surface area contributed by atoms with Crippen LogP contribution in [-0.2, 0) is 0 Å². The van der Waals surface area contributed by atoms with E-state index in [1.807, 2.05) is 0 Å². The van der Waals surface area contributed by atoms with Gasteiger partial charge in [-0.15, -0.1) is 0 Å². The second kappa shape index (κ2) is 4.97. The van der Waals surface area contributed by atoms with Crippen molar-refractivity contribution < 1.29 is 18.3 Å². The summed E-state index contributed by atoms with van der Waals surface area (Å²) in [5.74, 6) is 0. The molecule has 1 N–H and O–H groups in total. The summed E-state index contributed by atoms with van der Waals surface area (Å²) in [6.07, 6.45) is -3.47. The van der Waals surface area contributed by atoms with Crippen LogP contribution in [0.1, 0.15) is 26.7 Å². The maximum Gasteiger partial charge on any atom is 0.404 e. The normalized spacial score (nSPS) is 29.4. The van der Waals surface area contributed by atoms with Gasteiger partial charge in [0, 0.05) is 17.0 Å². The van der Waals surface area contributed by atoms with E-state index >= 15 is 0 Å². The van der Waals surface area contributed by atoms with Gasteiger partial charge < -0.3 is 5.11 Å². The first-order valence-corrected chi connectivity index (χ1v) is 6.51. The zero-order valence-electron chi connectivity index (χ0n) is 9.39. The van der Waals surface area contributed by atoms with Crippen LogP contribution in [0.5, 0.6) is 0 Å². The number of rotatable bonds is 2. The summed E-state index contributed by atoms with van der Waals surface area (Å²) in [5.41, 5.74) is -1.09. The number of likely N-dealkylation sites (tertiary alicyclic amines) is 1. The molecule has 1 aliphatic rings. The van der Waals surface area contributed by atoms with E-state index < -0.39 is 17.8 Å². The third-order valence-electron chi connectivity index (χ3n) is 2.59. The van der Waals surface area contributed by atoms with E-state index in [0.717, 1.165) is 0 Å². The van der Waals surface area contributed by atoms with Gasteiger partial charge in [0.2, 0.25) is 0 Å². The summed E-state index contributed by atoms with van der Waals surface area (Å²) in [4.78, 5) is 1.36. The van der Waals surface area contributed by atoms with Crippen molar-refractivity contribution in [2.45, 2.75) is 48.4 Å². The van der Waals surface area contributed by atoms with E-state index in [2.05, 4.69) is 22.6 Å². The van der Waals surface area contributed by atoms with Crippen LogP contribution < -0.4 is 0 Å². The SMILES string of the molecule is CC(C)(O)CN1CC(I)CCC1C(F)(F)F. The average molecular weight is 351 g/mol. The first-order valence-electron chi connectivity index (χ1n) is 5.27. The highest BCUT2D eigenvalue weighted by Crippen LogP contribution is 2.34. The monoisotopic (exact) mass is 351 g/mol. The Labute approximate surface area is 107 Å². The zero-order chi connectivity index (χ0) is 12.6. The van der Waals surface area contributed by atoms with Crippen LogP contribution in [0.3, 0.4) is 0 Å². The summed E-state index contributed by atoms with van der Waals surface area (Å²) in [7, 11) is 0. The second-order valence-electron chi connectivity index (χ2n) is 4.97. The van der Waals surface area contributed by atoms with E-state index in [0.29, 0.717) is 13.0 Å². The predicted octanol–water partition coefficient (Wildman–Crippen LogP) is 2.59. The van der Waals surface area contributed by atoms with Crippen LogP contribution in [0.2, 0.25) is 0 Å². The minimum atomic E-state index is -4.19. The molecular formula is C10H17F3INO. The summed E-state index contributed by atoms with van der Waals surface area (Å²) in [6.45, 7) is 3.54. The Hall–Kier alpha value is 0.440. The van der Waals surface area contributed by atoms with Crippen LogP contribution >= 0.6 is 22.6 Å². The fraction of sp³-hybridized carbons (Fsp3) is 1.00. The molecular weight excluding hydrogens is 334 g/mol. The number of β-amino-alcohol motifs (C(OH)–C–C–N with tert-alkyl or cyclic N) is 1. The summed E-state index contributed by atoms with van der Waals surface area (Å²) in [5, 5.41) is 9.63. The number of nitrogens with zero attached hydrogens (tertiary/aromatic N) is 1. The van der Waals surface area contributed by atoms with E-state index in [1.54, 1.807) is 0 Å². The molecule has 0 aromatic carbocycles. The Balaban J connectivity index is 2.74. The maximum absolute atomic E-state index is 12.8. The van der Waals surface area contributed by atoms with Crippen molar-refractivity contribution in [2.75, 3.05) is 13.1 Å². The zero-order valence-corrected chi connectivity index (χ0v) is 11.5. The molecule has 0 aliphatic carbocycles. The van der Waals surface area contributed by atoms with Gasteiger partial charge in [0.1, 0.15) is 6.04 Å². The highest BCUT2D eigenvalue weighted by atomic mass is 127. The lowest BCUT2D eigenvalue weighted by atomic mass is 9.99. The van der Waals surface area contributed by atoms with Gasteiger partial charge in [-0.3, -0.25) is 4.90 Å². The Kier molecular flexibility index (Phi) is 4.51. The molecule has 2 nitrogen and oxygen atoms in total. The lowest BCUT2D eigenvalue weighted by Crippen LogP contribution is -2.55. The Bertz CT molecular complexity index is 239. The van der Waals surface area contributed by atoms with Crippen molar-refractivity contribution >= 4 is 22.6 Å². The highest BCUT2D eigenvalue weighted by molar-refractivity contribution is 14.1. The third kappa shape index (κ3) is 4.37. The molecule has 96 valence electrons. The van der Waals surface area contributed by atoms with Crippen LogP contribution in [0.15, 0.2) is 0 Å². The molecule has 1 rings (SSSR count). The van der Waals surface area contributed by atoms with E-state index in [1.165, 1.54) is 18.7 Å². The Morgan fingerprint density at radius 3 is 2.31 bits per heavy atom. The van der Waals surface area contributed by atoms with Gasteiger partial charge >= 0.3 is 6.18 Å². The molecule has 0 amide bonds. The molecule has 1 saturated heterocycles. The number of piperidine rings is 1. The molecule has 1 aliphatic heterocycles. The van der Waals surface area contributed by atoms with Crippen molar-refractivity contribution in [2.24, 2.45) is 0 Å². The standard InChI is InChI=1S/C10H17F3INO/c1-9(2,16)6-15-5-7(14)3-4-8(15)10(11,12)13/h7-8,16H,3-6H2,1-2H3. The van der Waals surface area contributed by atoms with E-state index in [9.17, 15) is 18.3 Å². The van der Waals surface area contributed by atoms with Crippen molar-refractivity contribution in [3.05, 3.63) is 0 Å². The molecule has 0 bridgehead atoms. The van der Waals surface area contributed by atoms with Crippen LogP contribution in [0.4, 0.5) is 13.2 Å². The fourth-order valence-corrected chi connectivity index (χ4v) is 2.90. The van der Waals surface area contributed by atoms with Crippen LogP contribution in [0, 0.1) is 0 Å². The molecule has 0 aromatic heterocycles. The highest BCUT2D eigenvalue weighted by Gasteiger charge is 2.46. The van der Waals surface area contributed by atoms with E-state index in [-0.39, 0.29) is 16.9 Å². The summed E-state index contributed by atoms with van der Waals surface area (Å²) >= 11 is 2.17. The van der Waals surface area contributed by atoms with Crippen molar-refractivity contribution in [1.82, 2.24) is 4.90 Å². The minimum absolute atomic E-state index is 0.0661. The van der Waals surface area contributed by atoms with Crippen LogP contribution in [-0.4, -0.2) is 44.8 Å². The molecule has 2 unspecified atom stereocenters. The largest absolute Gasteiger partial charge is 0.404 e. The smallest absolute Gasteiger partial charge is 0.389 e. The third-order valence-corrected chi connectivity index (χ3v) is 3.61. The lowest BCUT2D eigenvalue weighted by Gasteiger charge is -2.41. The van der Waals surface area contributed by atoms with Crippen LogP contribution in [0.25, 0.3) is 0 Å². The van der Waals surface area contributed by atoms with Gasteiger partial charge in [0.05, 0.1) is 5.60 Å². The molecule has 6 heteroatoms. The molecule has 0 radical (unpaired) electrons. The van der Waals surface area contributed by atoms with Gasteiger partial charge in [0.25, 0.3) is 0 Å². The number of aliphatic hydroxyl groups is 1. The summed E-state index contributed by atoms with van der Waals surface area (Å²) < 4.78 is 38.5. The van der Waals surface area contributed by atoms with E-state index in [4.69, 9.17) is 0 Å². The van der Waals surface area contributed by atoms with Gasteiger partial charge in [-0.05, 0) is 26.7 Å². The topological polar surface area (TPSA) is 23.5 Å². The van der Waals surface area contributed by atoms with Gasteiger partial charge in [-0.1, -0.05) is 22.6 Å². The fourth-order valence-electron chi connectivity index (χ4n) is 2.04. The second-order valence-corrected chi connectivity index (χ2v) is 6.74. The predicted molar refractivity (Wildman–Crippen MR) is 64.8 cm³/mol. The first kappa shape index (κ1) is 14.5. The van der Waals surface area contributed by atoms with Gasteiger partial charge in [-0.25, -0.2) is 0 Å². The molecule has 0 aromatic rings. The lowest BCUT2D eigenvalue weighted by molar-refractivity contribution is -0.195. The molecule has 0 spiro atoms. The van der Waals surface area contributed by atoms with Crippen molar-refractivity contribution in [1.29, 1.82) is 0 Å². The Morgan fingerprint density at radius 1 is 1.31 bits per heavy atom. The molecule has 16 heavy (non-hydrogen) atoms. The Morgan fingerprint density at radius 2 is 1.88 bits per heavy atom. The number of halogens is 4. The number of alkyl halides is 4. The van der Waals surface area contributed by atoms with Gasteiger partial charge in [-0.2, -0.15) is 13.2 Å². The number of hydrogen-bond acceptors (Lipinski definition) is 2. The van der Waals surface area contributed by atoms with Gasteiger partial charge in [0.15, 0.2) is 0 Å². The minimum Gasteiger partial charge on any atom is -0.389 e. The molecule has 1 fully saturated rings. The quantitative estimate of drug-likeness (QED) is 0.611. The van der Waals surface area contributed by atoms with Crippen molar-refractivity contribution in [3.8, 4) is 0 Å².